The summed E-state index contributed by atoms with van der Waals surface area (Å²) in [5.74, 6) is 0.358. The van der Waals surface area contributed by atoms with E-state index in [0.29, 0.717) is 5.89 Å². The smallest absolute Gasteiger partial charge is 0.226 e. The summed E-state index contributed by atoms with van der Waals surface area (Å²) in [6.45, 7) is 3.75. The molecule has 5 heteroatoms. The molecule has 0 saturated heterocycles. The molecule has 0 aromatic carbocycles. The van der Waals surface area contributed by atoms with Gasteiger partial charge in [-0.1, -0.05) is 0 Å². The fourth-order valence-electron chi connectivity index (χ4n) is 1.50. The molecule has 0 atom stereocenters. The predicted molar refractivity (Wildman–Crippen MR) is 56.4 cm³/mol. The lowest BCUT2D eigenvalue weighted by Crippen LogP contribution is -1.94. The minimum Gasteiger partial charge on any atom is -0.444 e. The molecular weight excluding hydrogens is 208 g/mol. The Morgan fingerprint density at radius 2 is 1.75 bits per heavy atom. The third-order valence-electron chi connectivity index (χ3n) is 2.11. The van der Waals surface area contributed by atoms with Gasteiger partial charge in [-0.05, 0) is 26.0 Å². The zero-order valence-electron chi connectivity index (χ0n) is 9.01. The van der Waals surface area contributed by atoms with E-state index < -0.39 is 6.29 Å². The van der Waals surface area contributed by atoms with Gasteiger partial charge in [0, 0.05) is 17.0 Å². The Labute approximate surface area is 92.4 Å². The van der Waals surface area contributed by atoms with Gasteiger partial charge in [-0.25, -0.2) is 4.98 Å². The summed E-state index contributed by atoms with van der Waals surface area (Å²) in [5.41, 5.74) is 2.60. The van der Waals surface area contributed by atoms with Crippen LogP contribution >= 0.6 is 0 Å². The molecule has 0 unspecified atom stereocenters. The van der Waals surface area contributed by atoms with Crippen molar-refractivity contribution in [1.29, 1.82) is 0 Å². The van der Waals surface area contributed by atoms with E-state index in [1.165, 1.54) is 6.26 Å². The van der Waals surface area contributed by atoms with Crippen molar-refractivity contribution in [2.24, 2.45) is 0 Å². The molecule has 0 aliphatic carbocycles. The second-order valence-electron chi connectivity index (χ2n) is 3.59. The normalized spacial score (nSPS) is 11.1. The molecule has 0 aliphatic heterocycles. The molecule has 0 saturated carbocycles. The Balaban J connectivity index is 2.42. The third kappa shape index (κ3) is 2.10. The second-order valence-corrected chi connectivity index (χ2v) is 3.59. The van der Waals surface area contributed by atoms with Crippen molar-refractivity contribution in [3.8, 4) is 11.5 Å². The van der Waals surface area contributed by atoms with Crippen molar-refractivity contribution in [3.05, 3.63) is 35.5 Å². The third-order valence-corrected chi connectivity index (χ3v) is 2.11. The van der Waals surface area contributed by atoms with Gasteiger partial charge in [-0.3, -0.25) is 4.98 Å². The molecule has 0 bridgehead atoms. The largest absolute Gasteiger partial charge is 0.444 e. The van der Waals surface area contributed by atoms with Crippen LogP contribution in [0.4, 0.5) is 0 Å². The summed E-state index contributed by atoms with van der Waals surface area (Å²) in [6.07, 6.45) is -0.382. The maximum absolute atomic E-state index is 8.91. The average molecular weight is 220 g/mol. The van der Waals surface area contributed by atoms with Gasteiger partial charge in [0.2, 0.25) is 5.89 Å². The van der Waals surface area contributed by atoms with Gasteiger partial charge in [-0.2, -0.15) is 0 Å². The minimum atomic E-state index is -1.61. The maximum Gasteiger partial charge on any atom is 0.226 e. The van der Waals surface area contributed by atoms with Crippen LogP contribution in [0, 0.1) is 13.8 Å². The van der Waals surface area contributed by atoms with E-state index in [9.17, 15) is 0 Å². The number of hydrogen-bond donors (Lipinski definition) is 2. The summed E-state index contributed by atoms with van der Waals surface area (Å²) in [7, 11) is 0. The molecule has 0 aliphatic rings. The molecule has 2 N–H and O–H groups in total. The number of aliphatic hydroxyl groups excluding tert-OH is 1. The highest BCUT2D eigenvalue weighted by Crippen LogP contribution is 2.21. The lowest BCUT2D eigenvalue weighted by molar-refractivity contribution is -0.0458. The van der Waals surface area contributed by atoms with Gasteiger partial charge in [0.1, 0.15) is 12.0 Å². The van der Waals surface area contributed by atoms with Crippen LogP contribution in [0.25, 0.3) is 11.5 Å². The zero-order valence-corrected chi connectivity index (χ0v) is 9.01. The van der Waals surface area contributed by atoms with E-state index in [1.54, 1.807) is 0 Å². The summed E-state index contributed by atoms with van der Waals surface area (Å²) in [6, 6.07) is 3.65. The standard InChI is InChI=1S/C11H12N2O3/c1-6-3-8(4-7(2)12-6)10-13-9(5-16-10)11(14)15/h3-5,11,14-15H,1-2H3. The van der Waals surface area contributed by atoms with Crippen LogP contribution in [0.1, 0.15) is 23.4 Å². The Hall–Kier alpha value is -1.72. The van der Waals surface area contributed by atoms with Gasteiger partial charge in [-0.15, -0.1) is 0 Å². The number of aliphatic hydroxyl groups is 2. The van der Waals surface area contributed by atoms with Crippen molar-refractivity contribution >= 4 is 0 Å². The molecule has 5 nitrogen and oxygen atoms in total. The number of aromatic nitrogens is 2. The lowest BCUT2D eigenvalue weighted by atomic mass is 10.2. The highest BCUT2D eigenvalue weighted by molar-refractivity contribution is 5.54. The summed E-state index contributed by atoms with van der Waals surface area (Å²) >= 11 is 0. The summed E-state index contributed by atoms with van der Waals surface area (Å²) in [5, 5.41) is 17.8. The monoisotopic (exact) mass is 220 g/mol. The van der Waals surface area contributed by atoms with Gasteiger partial charge >= 0.3 is 0 Å². The number of rotatable bonds is 2. The number of pyridine rings is 1. The molecular formula is C11H12N2O3. The number of aryl methyl sites for hydroxylation is 2. The highest BCUT2D eigenvalue weighted by Gasteiger charge is 2.12. The highest BCUT2D eigenvalue weighted by atomic mass is 16.5. The topological polar surface area (TPSA) is 79.4 Å². The van der Waals surface area contributed by atoms with Crippen molar-refractivity contribution in [1.82, 2.24) is 9.97 Å². The first kappa shape index (κ1) is 10.8. The van der Waals surface area contributed by atoms with Crippen LogP contribution < -0.4 is 0 Å². The fourth-order valence-corrected chi connectivity index (χ4v) is 1.50. The number of hydrogen-bond acceptors (Lipinski definition) is 5. The van der Waals surface area contributed by atoms with Gasteiger partial charge in [0.15, 0.2) is 6.29 Å². The second kappa shape index (κ2) is 4.03. The number of oxazole rings is 1. The van der Waals surface area contributed by atoms with Crippen LogP contribution in [0.5, 0.6) is 0 Å². The van der Waals surface area contributed by atoms with Gasteiger partial charge in [0.05, 0.1) is 0 Å². The fraction of sp³-hybridized carbons (Fsp3) is 0.273. The first-order valence-corrected chi connectivity index (χ1v) is 4.83. The molecule has 84 valence electrons. The number of nitrogens with zero attached hydrogens (tertiary/aromatic N) is 2. The molecule has 16 heavy (non-hydrogen) atoms. The van der Waals surface area contributed by atoms with Crippen LogP contribution in [-0.4, -0.2) is 20.2 Å². The van der Waals surface area contributed by atoms with E-state index in [1.807, 2.05) is 26.0 Å². The maximum atomic E-state index is 8.91. The zero-order chi connectivity index (χ0) is 11.7. The molecule has 2 aromatic rings. The molecule has 0 amide bonds. The Morgan fingerprint density at radius 3 is 2.25 bits per heavy atom. The van der Waals surface area contributed by atoms with E-state index in [-0.39, 0.29) is 5.69 Å². The minimum absolute atomic E-state index is 0.0992. The predicted octanol–water partition coefficient (Wildman–Crippen LogP) is 1.34. The summed E-state index contributed by atoms with van der Waals surface area (Å²) in [4.78, 5) is 8.20. The van der Waals surface area contributed by atoms with Crippen molar-refractivity contribution in [3.63, 3.8) is 0 Å². The van der Waals surface area contributed by atoms with Gasteiger partial charge in [0.25, 0.3) is 0 Å². The van der Waals surface area contributed by atoms with Gasteiger partial charge < -0.3 is 14.6 Å². The lowest BCUT2D eigenvalue weighted by Gasteiger charge is -1.99. The molecule has 0 spiro atoms. The van der Waals surface area contributed by atoms with Crippen molar-refractivity contribution in [2.75, 3.05) is 0 Å². The van der Waals surface area contributed by atoms with E-state index in [2.05, 4.69) is 9.97 Å². The van der Waals surface area contributed by atoms with Crippen molar-refractivity contribution in [2.45, 2.75) is 20.1 Å². The average Bonchev–Trinajstić information content (AvgIpc) is 2.64. The van der Waals surface area contributed by atoms with E-state index >= 15 is 0 Å². The Morgan fingerprint density at radius 1 is 1.12 bits per heavy atom. The Bertz CT molecular complexity index is 485. The van der Waals surface area contributed by atoms with Crippen LogP contribution in [0.15, 0.2) is 22.8 Å². The van der Waals surface area contributed by atoms with Crippen LogP contribution in [-0.2, 0) is 0 Å². The molecule has 2 rings (SSSR count). The van der Waals surface area contributed by atoms with E-state index in [0.717, 1.165) is 17.0 Å². The van der Waals surface area contributed by atoms with Crippen molar-refractivity contribution < 1.29 is 14.6 Å². The Kier molecular flexibility index (Phi) is 2.72. The molecule has 2 aromatic heterocycles. The molecule has 0 radical (unpaired) electrons. The van der Waals surface area contributed by atoms with E-state index in [4.69, 9.17) is 14.6 Å². The first-order chi connectivity index (χ1) is 7.56. The first-order valence-electron chi connectivity index (χ1n) is 4.83. The SMILES string of the molecule is Cc1cc(-c2nc(C(O)O)co2)cc(C)n1. The van der Waals surface area contributed by atoms with Crippen LogP contribution in [0.3, 0.4) is 0 Å². The molecule has 0 fully saturated rings. The summed E-state index contributed by atoms with van der Waals surface area (Å²) < 4.78 is 5.16. The quantitative estimate of drug-likeness (QED) is 0.746. The molecule has 2 heterocycles. The van der Waals surface area contributed by atoms with Crippen LogP contribution in [0.2, 0.25) is 0 Å².